The molecule has 1 aliphatic heterocycles. The lowest BCUT2D eigenvalue weighted by Crippen LogP contribution is -2.31. The molecule has 21 heavy (non-hydrogen) atoms. The Hall–Kier alpha value is -2.05. The Balaban J connectivity index is 1.98. The van der Waals surface area contributed by atoms with Crippen LogP contribution in [0.1, 0.15) is 23.0 Å². The number of hydrogen-bond donors (Lipinski definition) is 3. The summed E-state index contributed by atoms with van der Waals surface area (Å²) in [5, 5.41) is 3.99. The fourth-order valence-corrected chi connectivity index (χ4v) is 2.68. The van der Waals surface area contributed by atoms with E-state index in [1.807, 2.05) is 6.07 Å². The molecule has 6 nitrogen and oxygen atoms in total. The zero-order valence-corrected chi connectivity index (χ0v) is 12.0. The van der Waals surface area contributed by atoms with E-state index in [0.717, 1.165) is 29.9 Å². The molecule has 0 bridgehead atoms. The molecule has 3 rings (SSSR count). The fourth-order valence-electron chi connectivity index (χ4n) is 2.50. The van der Waals surface area contributed by atoms with Gasteiger partial charge in [0.25, 0.3) is 5.91 Å². The number of rotatable bonds is 4. The number of aromatic amines is 1. The molecule has 4 N–H and O–H groups in total. The van der Waals surface area contributed by atoms with Crippen molar-refractivity contribution in [1.82, 2.24) is 15.3 Å². The van der Waals surface area contributed by atoms with Crippen molar-refractivity contribution in [2.75, 3.05) is 13.2 Å². The predicted molar refractivity (Wildman–Crippen MR) is 78.3 cm³/mol. The number of imidazole rings is 1. The van der Waals surface area contributed by atoms with Crippen LogP contribution in [-0.2, 0) is 11.2 Å². The SMILES string of the molecule is NC(=O)COc1ccc(Cl)cc1[C@H]1NCCc2[nH]cnc21. The number of nitrogens with one attached hydrogen (secondary N) is 2. The third-order valence-electron chi connectivity index (χ3n) is 3.40. The summed E-state index contributed by atoms with van der Waals surface area (Å²) in [6, 6.07) is 5.15. The Morgan fingerprint density at radius 2 is 2.38 bits per heavy atom. The van der Waals surface area contributed by atoms with Gasteiger partial charge in [-0.25, -0.2) is 4.98 Å². The summed E-state index contributed by atoms with van der Waals surface area (Å²) in [4.78, 5) is 18.4. The molecule has 0 radical (unpaired) electrons. The summed E-state index contributed by atoms with van der Waals surface area (Å²) < 4.78 is 5.49. The standard InChI is InChI=1S/C14H15ClN4O2/c15-8-1-2-11(21-6-12(16)20)9(5-8)13-14-10(3-4-17-13)18-7-19-14/h1-2,5,7,13,17H,3-4,6H2,(H2,16,20)(H,18,19)/t13-/m1/s1. The number of hydrogen-bond acceptors (Lipinski definition) is 4. The number of ether oxygens (including phenoxy) is 1. The van der Waals surface area contributed by atoms with Crippen molar-refractivity contribution in [3.05, 3.63) is 46.5 Å². The summed E-state index contributed by atoms with van der Waals surface area (Å²) in [7, 11) is 0. The minimum atomic E-state index is -0.520. The van der Waals surface area contributed by atoms with E-state index in [1.165, 1.54) is 0 Å². The maximum Gasteiger partial charge on any atom is 0.255 e. The zero-order valence-electron chi connectivity index (χ0n) is 11.2. The Bertz CT molecular complexity index is 671. The molecule has 1 aromatic heterocycles. The van der Waals surface area contributed by atoms with Crippen LogP contribution < -0.4 is 15.8 Å². The molecule has 1 aromatic carbocycles. The van der Waals surface area contributed by atoms with Crippen LogP contribution in [0, 0.1) is 0 Å². The molecular weight excluding hydrogens is 292 g/mol. The van der Waals surface area contributed by atoms with Gasteiger partial charge in [0, 0.05) is 29.2 Å². The second-order valence-corrected chi connectivity index (χ2v) is 5.28. The van der Waals surface area contributed by atoms with E-state index in [0.29, 0.717) is 10.8 Å². The lowest BCUT2D eigenvalue weighted by atomic mass is 9.97. The summed E-state index contributed by atoms with van der Waals surface area (Å²) in [6.45, 7) is 0.649. The van der Waals surface area contributed by atoms with Crippen LogP contribution in [-0.4, -0.2) is 29.0 Å². The largest absolute Gasteiger partial charge is 0.483 e. The van der Waals surface area contributed by atoms with Gasteiger partial charge >= 0.3 is 0 Å². The molecule has 0 spiro atoms. The van der Waals surface area contributed by atoms with Gasteiger partial charge in [0.2, 0.25) is 0 Å². The molecule has 0 aliphatic carbocycles. The van der Waals surface area contributed by atoms with Gasteiger partial charge in [0.1, 0.15) is 5.75 Å². The number of halogens is 1. The maximum atomic E-state index is 10.9. The zero-order chi connectivity index (χ0) is 14.8. The molecule has 7 heteroatoms. The molecule has 0 fully saturated rings. The summed E-state index contributed by atoms with van der Waals surface area (Å²) >= 11 is 6.10. The number of benzene rings is 1. The number of carbonyl (C=O) groups excluding carboxylic acids is 1. The van der Waals surface area contributed by atoms with Crippen LogP contribution in [0.2, 0.25) is 5.02 Å². The number of aromatic nitrogens is 2. The van der Waals surface area contributed by atoms with E-state index in [2.05, 4.69) is 15.3 Å². The van der Waals surface area contributed by atoms with Gasteiger partial charge in [-0.3, -0.25) is 4.79 Å². The van der Waals surface area contributed by atoms with E-state index in [4.69, 9.17) is 22.1 Å². The molecule has 1 atom stereocenters. The molecule has 2 heterocycles. The highest BCUT2D eigenvalue weighted by Gasteiger charge is 2.26. The van der Waals surface area contributed by atoms with Gasteiger partial charge in [-0.1, -0.05) is 11.6 Å². The molecule has 2 aromatic rings. The average Bonchev–Trinajstić information content (AvgIpc) is 2.94. The first-order valence-electron chi connectivity index (χ1n) is 6.61. The second kappa shape index (κ2) is 5.75. The predicted octanol–water partition coefficient (Wildman–Crippen LogP) is 1.16. The first-order valence-corrected chi connectivity index (χ1v) is 6.99. The first kappa shape index (κ1) is 13.9. The lowest BCUT2D eigenvalue weighted by molar-refractivity contribution is -0.119. The smallest absolute Gasteiger partial charge is 0.255 e. The van der Waals surface area contributed by atoms with E-state index >= 15 is 0 Å². The van der Waals surface area contributed by atoms with Gasteiger partial charge < -0.3 is 20.8 Å². The van der Waals surface area contributed by atoms with Crippen molar-refractivity contribution in [1.29, 1.82) is 0 Å². The van der Waals surface area contributed by atoms with Crippen molar-refractivity contribution in [3.63, 3.8) is 0 Å². The Labute approximate surface area is 126 Å². The number of nitrogens with two attached hydrogens (primary N) is 1. The van der Waals surface area contributed by atoms with Gasteiger partial charge in [0.05, 0.1) is 18.1 Å². The van der Waals surface area contributed by atoms with E-state index in [-0.39, 0.29) is 12.6 Å². The van der Waals surface area contributed by atoms with Crippen LogP contribution >= 0.6 is 11.6 Å². The van der Waals surface area contributed by atoms with Gasteiger partial charge in [-0.15, -0.1) is 0 Å². The van der Waals surface area contributed by atoms with E-state index in [9.17, 15) is 4.79 Å². The highest BCUT2D eigenvalue weighted by atomic mass is 35.5. The molecule has 0 unspecified atom stereocenters. The monoisotopic (exact) mass is 306 g/mol. The highest BCUT2D eigenvalue weighted by molar-refractivity contribution is 6.30. The molecule has 1 amide bonds. The average molecular weight is 307 g/mol. The number of primary amides is 1. The van der Waals surface area contributed by atoms with Gasteiger partial charge in [-0.05, 0) is 18.2 Å². The topological polar surface area (TPSA) is 93.0 Å². The molecule has 0 saturated carbocycles. The number of H-pyrrole nitrogens is 1. The Morgan fingerprint density at radius 1 is 1.52 bits per heavy atom. The summed E-state index contributed by atoms with van der Waals surface area (Å²) in [5.74, 6) is 0.0551. The normalized spacial score (nSPS) is 17.3. The van der Waals surface area contributed by atoms with Gasteiger partial charge in [0.15, 0.2) is 6.61 Å². The van der Waals surface area contributed by atoms with Crippen molar-refractivity contribution in [3.8, 4) is 5.75 Å². The quantitative estimate of drug-likeness (QED) is 0.790. The van der Waals surface area contributed by atoms with Crippen molar-refractivity contribution in [2.24, 2.45) is 5.73 Å². The lowest BCUT2D eigenvalue weighted by Gasteiger charge is -2.25. The highest BCUT2D eigenvalue weighted by Crippen LogP contribution is 2.34. The summed E-state index contributed by atoms with van der Waals surface area (Å²) in [5.41, 5.74) is 8.00. The van der Waals surface area contributed by atoms with E-state index < -0.39 is 5.91 Å². The van der Waals surface area contributed by atoms with Crippen LogP contribution in [0.3, 0.4) is 0 Å². The first-order chi connectivity index (χ1) is 10.1. The van der Waals surface area contributed by atoms with Crippen LogP contribution in [0.25, 0.3) is 0 Å². The third kappa shape index (κ3) is 2.86. The van der Waals surface area contributed by atoms with Crippen LogP contribution in [0.5, 0.6) is 5.75 Å². The molecular formula is C14H15ClN4O2. The Kier molecular flexibility index (Phi) is 3.81. The minimum absolute atomic E-state index is 0.124. The van der Waals surface area contributed by atoms with Crippen molar-refractivity contribution in [2.45, 2.75) is 12.5 Å². The minimum Gasteiger partial charge on any atom is -0.483 e. The third-order valence-corrected chi connectivity index (χ3v) is 3.64. The number of carbonyl (C=O) groups is 1. The van der Waals surface area contributed by atoms with Crippen molar-refractivity contribution < 1.29 is 9.53 Å². The second-order valence-electron chi connectivity index (χ2n) is 4.84. The fraction of sp³-hybridized carbons (Fsp3) is 0.286. The molecule has 1 aliphatic rings. The Morgan fingerprint density at radius 3 is 3.19 bits per heavy atom. The van der Waals surface area contributed by atoms with Crippen LogP contribution in [0.4, 0.5) is 0 Å². The van der Waals surface area contributed by atoms with Gasteiger partial charge in [-0.2, -0.15) is 0 Å². The number of nitrogens with zero attached hydrogens (tertiary/aromatic N) is 1. The van der Waals surface area contributed by atoms with Crippen LogP contribution in [0.15, 0.2) is 24.5 Å². The molecule has 0 saturated heterocycles. The number of amides is 1. The summed E-state index contributed by atoms with van der Waals surface area (Å²) in [6.07, 6.45) is 2.57. The van der Waals surface area contributed by atoms with E-state index in [1.54, 1.807) is 18.5 Å². The maximum absolute atomic E-state index is 10.9. The molecule has 110 valence electrons. The number of fused-ring (bicyclic) bond motifs is 1. The van der Waals surface area contributed by atoms with Crippen molar-refractivity contribution >= 4 is 17.5 Å².